The van der Waals surface area contributed by atoms with Gasteiger partial charge in [-0.25, -0.2) is 9.78 Å². The lowest BCUT2D eigenvalue weighted by atomic mass is 10.0. The van der Waals surface area contributed by atoms with Crippen LogP contribution in [0, 0.1) is 0 Å². The minimum atomic E-state index is -0.267. The van der Waals surface area contributed by atoms with Crippen LogP contribution in [-0.4, -0.2) is 43.7 Å². The highest BCUT2D eigenvalue weighted by molar-refractivity contribution is 7.13. The number of anilines is 1. The van der Waals surface area contributed by atoms with Crippen molar-refractivity contribution in [1.29, 1.82) is 0 Å². The molecule has 0 aliphatic rings. The van der Waals surface area contributed by atoms with Crippen LogP contribution >= 0.6 is 11.3 Å². The molecule has 7 heteroatoms. The summed E-state index contributed by atoms with van der Waals surface area (Å²) >= 11 is 1.38. The van der Waals surface area contributed by atoms with Gasteiger partial charge in [-0.2, -0.15) is 0 Å². The van der Waals surface area contributed by atoms with Crippen molar-refractivity contribution in [2.24, 2.45) is 0 Å². The van der Waals surface area contributed by atoms with Crippen LogP contribution in [0.15, 0.2) is 35.8 Å². The molecule has 2 aromatic rings. The number of rotatable bonds is 6. The van der Waals surface area contributed by atoms with Crippen molar-refractivity contribution in [3.8, 4) is 5.75 Å². The Morgan fingerprint density at radius 1 is 1.41 bits per heavy atom. The molecular weight excluding hydrogens is 300 g/mol. The number of nitrogens with zero attached hydrogens (tertiary/aromatic N) is 2. The summed E-state index contributed by atoms with van der Waals surface area (Å²) in [7, 11) is 5.59. The van der Waals surface area contributed by atoms with Crippen molar-refractivity contribution in [2.75, 3.05) is 33.1 Å². The maximum Gasteiger partial charge on any atom is 0.321 e. The summed E-state index contributed by atoms with van der Waals surface area (Å²) in [6, 6.07) is 7.56. The molecule has 2 rings (SSSR count). The van der Waals surface area contributed by atoms with Crippen LogP contribution in [0.3, 0.4) is 0 Å². The third kappa shape index (κ3) is 4.19. The van der Waals surface area contributed by atoms with Gasteiger partial charge in [-0.15, -0.1) is 11.3 Å². The second kappa shape index (κ2) is 7.77. The number of ether oxygens (including phenoxy) is 1. The van der Waals surface area contributed by atoms with Crippen LogP contribution in [0.4, 0.5) is 9.93 Å². The Kier molecular flexibility index (Phi) is 5.74. The number of carbonyl (C=O) groups excluding carboxylic acids is 1. The van der Waals surface area contributed by atoms with E-state index in [0.717, 1.165) is 11.3 Å². The number of hydrogen-bond acceptors (Lipinski definition) is 5. The fourth-order valence-electron chi connectivity index (χ4n) is 2.13. The molecule has 0 spiro atoms. The fraction of sp³-hybridized carbons (Fsp3) is 0.333. The Morgan fingerprint density at radius 3 is 2.82 bits per heavy atom. The average Bonchev–Trinajstić information content (AvgIpc) is 3.00. The number of likely N-dealkylation sites (N-methyl/N-ethyl adjacent to an activating group) is 1. The number of benzene rings is 1. The van der Waals surface area contributed by atoms with Gasteiger partial charge in [0, 0.05) is 23.7 Å². The number of methoxy groups -OCH3 is 1. The smallest absolute Gasteiger partial charge is 0.321 e. The van der Waals surface area contributed by atoms with Crippen molar-refractivity contribution in [3.05, 3.63) is 41.4 Å². The highest BCUT2D eigenvalue weighted by Gasteiger charge is 2.19. The maximum absolute atomic E-state index is 11.9. The molecule has 118 valence electrons. The van der Waals surface area contributed by atoms with Crippen molar-refractivity contribution < 1.29 is 9.53 Å². The van der Waals surface area contributed by atoms with Gasteiger partial charge >= 0.3 is 6.03 Å². The molecule has 0 aliphatic carbocycles. The first kappa shape index (κ1) is 16.3. The summed E-state index contributed by atoms with van der Waals surface area (Å²) in [5, 5.41) is 7.97. The van der Waals surface area contributed by atoms with E-state index in [4.69, 9.17) is 4.74 Å². The van der Waals surface area contributed by atoms with Crippen molar-refractivity contribution in [2.45, 2.75) is 6.04 Å². The highest BCUT2D eigenvalue weighted by atomic mass is 32.1. The Morgan fingerprint density at radius 2 is 2.18 bits per heavy atom. The second-order valence-corrected chi connectivity index (χ2v) is 5.79. The molecule has 0 bridgehead atoms. The summed E-state index contributed by atoms with van der Waals surface area (Å²) in [6.07, 6.45) is 1.65. The summed E-state index contributed by atoms with van der Waals surface area (Å²) in [5.41, 5.74) is 1.03. The molecule has 1 aromatic carbocycles. The lowest BCUT2D eigenvalue weighted by Crippen LogP contribution is -2.37. The topological polar surface area (TPSA) is 66.5 Å². The number of urea groups is 1. The number of thiazole rings is 1. The van der Waals surface area contributed by atoms with E-state index >= 15 is 0 Å². The molecule has 0 saturated heterocycles. The van der Waals surface area contributed by atoms with E-state index in [9.17, 15) is 4.79 Å². The van der Waals surface area contributed by atoms with Gasteiger partial charge in [0.25, 0.3) is 0 Å². The lowest BCUT2D eigenvalue weighted by molar-refractivity contribution is 0.242. The molecule has 0 saturated carbocycles. The molecule has 0 radical (unpaired) electrons. The van der Waals surface area contributed by atoms with Crippen LogP contribution in [-0.2, 0) is 0 Å². The van der Waals surface area contributed by atoms with E-state index in [0.29, 0.717) is 11.7 Å². The van der Waals surface area contributed by atoms with E-state index in [1.807, 2.05) is 48.6 Å². The van der Waals surface area contributed by atoms with Gasteiger partial charge in [0.1, 0.15) is 5.75 Å². The van der Waals surface area contributed by atoms with Crippen LogP contribution in [0.1, 0.15) is 11.6 Å². The van der Waals surface area contributed by atoms with Gasteiger partial charge in [0.2, 0.25) is 0 Å². The van der Waals surface area contributed by atoms with Gasteiger partial charge in [0.15, 0.2) is 5.13 Å². The van der Waals surface area contributed by atoms with Crippen LogP contribution in [0.25, 0.3) is 0 Å². The first-order valence-electron chi connectivity index (χ1n) is 6.85. The van der Waals surface area contributed by atoms with Crippen LogP contribution < -0.4 is 15.4 Å². The second-order valence-electron chi connectivity index (χ2n) is 4.89. The largest absolute Gasteiger partial charge is 0.496 e. The van der Waals surface area contributed by atoms with E-state index in [1.165, 1.54) is 11.3 Å². The molecule has 1 atom stereocenters. The van der Waals surface area contributed by atoms with Crippen molar-refractivity contribution >= 4 is 22.5 Å². The SMILES string of the molecule is COc1ccccc1[C@H](CNC(=O)Nc1nccs1)N(C)C. The molecule has 22 heavy (non-hydrogen) atoms. The summed E-state index contributed by atoms with van der Waals surface area (Å²) in [6.45, 7) is 0.463. The molecule has 0 aliphatic heterocycles. The van der Waals surface area contributed by atoms with E-state index < -0.39 is 0 Å². The van der Waals surface area contributed by atoms with Crippen LogP contribution in [0.5, 0.6) is 5.75 Å². The van der Waals surface area contributed by atoms with Gasteiger partial charge in [0.05, 0.1) is 13.2 Å². The van der Waals surface area contributed by atoms with E-state index in [-0.39, 0.29) is 12.1 Å². The molecule has 6 nitrogen and oxygen atoms in total. The predicted molar refractivity (Wildman–Crippen MR) is 88.6 cm³/mol. The van der Waals surface area contributed by atoms with Gasteiger partial charge in [-0.3, -0.25) is 5.32 Å². The fourth-order valence-corrected chi connectivity index (χ4v) is 2.65. The quantitative estimate of drug-likeness (QED) is 0.858. The molecule has 0 unspecified atom stereocenters. The molecule has 2 N–H and O–H groups in total. The lowest BCUT2D eigenvalue weighted by Gasteiger charge is -2.26. The molecule has 0 fully saturated rings. The van der Waals surface area contributed by atoms with E-state index in [2.05, 4.69) is 15.6 Å². The Bertz CT molecular complexity index is 601. The van der Waals surface area contributed by atoms with Gasteiger partial charge in [-0.1, -0.05) is 18.2 Å². The number of carbonyl (C=O) groups is 1. The monoisotopic (exact) mass is 320 g/mol. The van der Waals surface area contributed by atoms with Crippen molar-refractivity contribution in [3.63, 3.8) is 0 Å². The normalized spacial score (nSPS) is 12.0. The zero-order valence-electron chi connectivity index (χ0n) is 12.9. The minimum absolute atomic E-state index is 0.0122. The zero-order valence-corrected chi connectivity index (χ0v) is 13.7. The number of amides is 2. The Labute approximate surface area is 134 Å². The zero-order chi connectivity index (χ0) is 15.9. The summed E-state index contributed by atoms with van der Waals surface area (Å²) in [5.74, 6) is 0.809. The predicted octanol–water partition coefficient (Wildman–Crippen LogP) is 2.58. The third-order valence-corrected chi connectivity index (χ3v) is 3.92. The molecule has 1 aromatic heterocycles. The molecule has 1 heterocycles. The van der Waals surface area contributed by atoms with E-state index in [1.54, 1.807) is 13.3 Å². The highest BCUT2D eigenvalue weighted by Crippen LogP contribution is 2.27. The summed E-state index contributed by atoms with van der Waals surface area (Å²) < 4.78 is 5.41. The standard InChI is InChI=1S/C15H20N4O2S/c1-19(2)12(11-6-4-5-7-13(11)21-3)10-17-14(20)18-15-16-8-9-22-15/h4-9,12H,10H2,1-3H3,(H2,16,17,18,20)/t12-/m0/s1. The van der Waals surface area contributed by atoms with Gasteiger partial charge in [-0.05, 0) is 20.2 Å². The number of para-hydroxylation sites is 1. The summed E-state index contributed by atoms with van der Waals surface area (Å²) in [4.78, 5) is 18.0. The first-order valence-corrected chi connectivity index (χ1v) is 7.73. The number of hydrogen-bond donors (Lipinski definition) is 2. The number of nitrogens with one attached hydrogen (secondary N) is 2. The van der Waals surface area contributed by atoms with Crippen molar-refractivity contribution in [1.82, 2.24) is 15.2 Å². The molecular formula is C15H20N4O2S. The number of aromatic nitrogens is 1. The van der Waals surface area contributed by atoms with Crippen LogP contribution in [0.2, 0.25) is 0 Å². The Hall–Kier alpha value is -2.12. The maximum atomic E-state index is 11.9. The third-order valence-electron chi connectivity index (χ3n) is 3.23. The van der Waals surface area contributed by atoms with Gasteiger partial charge < -0.3 is 15.0 Å². The first-order chi connectivity index (χ1) is 10.6. The minimum Gasteiger partial charge on any atom is -0.496 e. The molecule has 2 amide bonds. The average molecular weight is 320 g/mol. The Balaban J connectivity index is 2.01.